The minimum Gasteiger partial charge on any atom is -0.493 e. The number of alkyl halides is 3. The Labute approximate surface area is 119 Å². The second-order valence-electron chi connectivity index (χ2n) is 4.33. The molecule has 0 N–H and O–H groups in total. The van der Waals surface area contributed by atoms with Gasteiger partial charge in [0.2, 0.25) is 0 Å². The lowest BCUT2D eigenvalue weighted by molar-refractivity contribution is -0.137. The standard InChI is InChI=1S/C14H12F3N3O/c15-14(16,17)12-9-19-20(10-12)5-2-6-21-13-4-1-3-11(7-13)8-18/h1,3-4,7,9-10H,2,5-6H2. The predicted octanol–water partition coefficient (Wildman–Crippen LogP) is 3.24. The first kappa shape index (κ1) is 14.9. The van der Waals surface area contributed by atoms with E-state index in [9.17, 15) is 13.2 Å². The molecule has 0 radical (unpaired) electrons. The highest BCUT2D eigenvalue weighted by molar-refractivity contribution is 5.36. The molecule has 0 bridgehead atoms. The van der Waals surface area contributed by atoms with E-state index in [2.05, 4.69) is 5.10 Å². The Morgan fingerprint density at radius 2 is 2.14 bits per heavy atom. The summed E-state index contributed by atoms with van der Waals surface area (Å²) in [5.41, 5.74) is -0.264. The third-order valence-corrected chi connectivity index (χ3v) is 2.72. The molecule has 21 heavy (non-hydrogen) atoms. The van der Waals surface area contributed by atoms with Gasteiger partial charge in [0.15, 0.2) is 0 Å². The van der Waals surface area contributed by atoms with E-state index in [-0.39, 0.29) is 0 Å². The van der Waals surface area contributed by atoms with Crippen LogP contribution in [-0.2, 0) is 12.7 Å². The summed E-state index contributed by atoms with van der Waals surface area (Å²) in [6.07, 6.45) is -2.09. The van der Waals surface area contributed by atoms with Gasteiger partial charge in [-0.3, -0.25) is 4.68 Å². The van der Waals surface area contributed by atoms with Crippen molar-refractivity contribution in [1.82, 2.24) is 9.78 Å². The fraction of sp³-hybridized carbons (Fsp3) is 0.286. The van der Waals surface area contributed by atoms with E-state index >= 15 is 0 Å². The zero-order valence-corrected chi connectivity index (χ0v) is 11.0. The molecule has 2 aromatic rings. The highest BCUT2D eigenvalue weighted by Gasteiger charge is 2.32. The summed E-state index contributed by atoms with van der Waals surface area (Å²) in [6, 6.07) is 8.69. The van der Waals surface area contributed by atoms with Gasteiger partial charge >= 0.3 is 6.18 Å². The summed E-state index contributed by atoms with van der Waals surface area (Å²) in [6.45, 7) is 0.657. The van der Waals surface area contributed by atoms with Crippen LogP contribution in [0.25, 0.3) is 0 Å². The van der Waals surface area contributed by atoms with Crippen molar-refractivity contribution >= 4 is 0 Å². The number of nitriles is 1. The predicted molar refractivity (Wildman–Crippen MR) is 68.5 cm³/mol. The number of nitrogens with zero attached hydrogens (tertiary/aromatic N) is 3. The van der Waals surface area contributed by atoms with Gasteiger partial charge in [0.25, 0.3) is 0 Å². The lowest BCUT2D eigenvalue weighted by Gasteiger charge is -2.06. The van der Waals surface area contributed by atoms with Gasteiger partial charge in [0, 0.05) is 19.2 Å². The minimum absolute atomic E-state index is 0.327. The van der Waals surface area contributed by atoms with Crippen LogP contribution in [0.15, 0.2) is 36.7 Å². The van der Waals surface area contributed by atoms with Crippen LogP contribution in [-0.4, -0.2) is 16.4 Å². The van der Waals surface area contributed by atoms with Crippen LogP contribution in [0.3, 0.4) is 0 Å². The number of hydrogen-bond donors (Lipinski definition) is 0. The molecule has 1 aromatic carbocycles. The van der Waals surface area contributed by atoms with E-state index in [0.717, 1.165) is 12.4 Å². The summed E-state index contributed by atoms with van der Waals surface area (Å²) in [4.78, 5) is 0. The minimum atomic E-state index is -4.37. The third kappa shape index (κ3) is 4.24. The van der Waals surface area contributed by atoms with Gasteiger partial charge in [0.05, 0.1) is 30.0 Å². The van der Waals surface area contributed by atoms with Crippen LogP contribution in [0.5, 0.6) is 5.75 Å². The topological polar surface area (TPSA) is 50.8 Å². The summed E-state index contributed by atoms with van der Waals surface area (Å²) in [5, 5.41) is 12.4. The molecule has 0 unspecified atom stereocenters. The molecule has 0 saturated carbocycles. The lowest BCUT2D eigenvalue weighted by atomic mass is 10.2. The molecule has 0 saturated heterocycles. The van der Waals surface area contributed by atoms with Gasteiger partial charge in [-0.15, -0.1) is 0 Å². The van der Waals surface area contributed by atoms with Crippen LogP contribution in [0.1, 0.15) is 17.5 Å². The molecule has 1 aromatic heterocycles. The number of ether oxygens (including phenoxy) is 1. The van der Waals surface area contributed by atoms with Gasteiger partial charge < -0.3 is 4.74 Å². The van der Waals surface area contributed by atoms with Crippen molar-refractivity contribution in [3.63, 3.8) is 0 Å². The Morgan fingerprint density at radius 1 is 1.33 bits per heavy atom. The fourth-order valence-electron chi connectivity index (χ4n) is 1.70. The SMILES string of the molecule is N#Cc1cccc(OCCCn2cc(C(F)(F)F)cn2)c1. The van der Waals surface area contributed by atoms with Gasteiger partial charge in [-0.25, -0.2) is 0 Å². The first-order valence-corrected chi connectivity index (χ1v) is 6.21. The maximum absolute atomic E-state index is 12.4. The molecule has 4 nitrogen and oxygen atoms in total. The van der Waals surface area contributed by atoms with Crippen molar-refractivity contribution < 1.29 is 17.9 Å². The zero-order chi connectivity index (χ0) is 15.3. The Balaban J connectivity index is 1.79. The highest BCUT2D eigenvalue weighted by atomic mass is 19.4. The molecule has 0 amide bonds. The molecule has 0 aliphatic heterocycles. The van der Waals surface area contributed by atoms with Crippen molar-refractivity contribution in [2.45, 2.75) is 19.1 Å². The quantitative estimate of drug-likeness (QED) is 0.796. The fourth-order valence-corrected chi connectivity index (χ4v) is 1.70. The Morgan fingerprint density at radius 3 is 2.81 bits per heavy atom. The van der Waals surface area contributed by atoms with E-state index in [0.29, 0.717) is 30.9 Å². The number of rotatable bonds is 5. The number of aromatic nitrogens is 2. The van der Waals surface area contributed by atoms with Gasteiger partial charge in [0.1, 0.15) is 5.75 Å². The Hall–Kier alpha value is -2.49. The highest BCUT2D eigenvalue weighted by Crippen LogP contribution is 2.28. The van der Waals surface area contributed by atoms with Gasteiger partial charge in [-0.1, -0.05) is 6.07 Å². The summed E-state index contributed by atoms with van der Waals surface area (Å²) in [5.74, 6) is 0.561. The molecule has 0 spiro atoms. The van der Waals surface area contributed by atoms with Crippen molar-refractivity contribution in [2.24, 2.45) is 0 Å². The van der Waals surface area contributed by atoms with Gasteiger partial charge in [-0.2, -0.15) is 23.5 Å². The molecule has 7 heteroatoms. The molecule has 110 valence electrons. The molecule has 0 atom stereocenters. The summed E-state index contributed by atoms with van der Waals surface area (Å²) < 4.78 is 43.8. The maximum Gasteiger partial charge on any atom is 0.419 e. The van der Waals surface area contributed by atoms with E-state index in [1.807, 2.05) is 6.07 Å². The molecule has 1 heterocycles. The number of halogens is 3. The molecular weight excluding hydrogens is 283 g/mol. The van der Waals surface area contributed by atoms with E-state index in [1.165, 1.54) is 4.68 Å². The maximum atomic E-state index is 12.4. The molecular formula is C14H12F3N3O. The average Bonchev–Trinajstić information content (AvgIpc) is 2.93. The van der Waals surface area contributed by atoms with Crippen LogP contribution in [0.4, 0.5) is 13.2 Å². The first-order valence-electron chi connectivity index (χ1n) is 6.21. The van der Waals surface area contributed by atoms with E-state index in [1.54, 1.807) is 24.3 Å². The summed E-state index contributed by atoms with van der Waals surface area (Å²) >= 11 is 0. The Bertz CT molecular complexity index is 643. The largest absolute Gasteiger partial charge is 0.493 e. The van der Waals surface area contributed by atoms with Crippen molar-refractivity contribution in [3.05, 3.63) is 47.8 Å². The average molecular weight is 295 g/mol. The smallest absolute Gasteiger partial charge is 0.419 e. The van der Waals surface area contributed by atoms with E-state index < -0.39 is 11.7 Å². The normalized spacial score (nSPS) is 11.1. The first-order chi connectivity index (χ1) is 9.99. The monoisotopic (exact) mass is 295 g/mol. The van der Waals surface area contributed by atoms with Crippen molar-refractivity contribution in [2.75, 3.05) is 6.61 Å². The van der Waals surface area contributed by atoms with Crippen molar-refractivity contribution in [1.29, 1.82) is 5.26 Å². The van der Waals surface area contributed by atoms with Crippen molar-refractivity contribution in [3.8, 4) is 11.8 Å². The van der Waals surface area contributed by atoms with E-state index in [4.69, 9.17) is 10.00 Å². The second-order valence-corrected chi connectivity index (χ2v) is 4.33. The molecule has 0 fully saturated rings. The van der Waals surface area contributed by atoms with Gasteiger partial charge in [-0.05, 0) is 18.2 Å². The second kappa shape index (κ2) is 6.31. The van der Waals surface area contributed by atoms with Crippen LogP contribution in [0.2, 0.25) is 0 Å². The van der Waals surface area contributed by atoms with Crippen LogP contribution < -0.4 is 4.74 Å². The van der Waals surface area contributed by atoms with Crippen LogP contribution in [0, 0.1) is 11.3 Å². The number of benzene rings is 1. The molecule has 0 aliphatic carbocycles. The lowest BCUT2D eigenvalue weighted by Crippen LogP contribution is -2.06. The Kier molecular flexibility index (Phi) is 4.48. The van der Waals surface area contributed by atoms with Crippen LogP contribution >= 0.6 is 0 Å². The summed E-state index contributed by atoms with van der Waals surface area (Å²) in [7, 11) is 0. The zero-order valence-electron chi connectivity index (χ0n) is 11.0. The number of aryl methyl sites for hydroxylation is 1. The number of hydrogen-bond acceptors (Lipinski definition) is 3. The molecule has 2 rings (SSSR count). The third-order valence-electron chi connectivity index (χ3n) is 2.72. The molecule has 0 aliphatic rings.